The quantitative estimate of drug-likeness (QED) is 0.705. The van der Waals surface area contributed by atoms with Crippen molar-refractivity contribution in [2.75, 3.05) is 25.3 Å². The molecule has 1 aromatic carbocycles. The van der Waals surface area contributed by atoms with Crippen LogP contribution in [0.3, 0.4) is 0 Å². The second-order valence-corrected chi connectivity index (χ2v) is 8.16. The summed E-state index contributed by atoms with van der Waals surface area (Å²) < 4.78 is 12.8. The molecule has 27 heavy (non-hydrogen) atoms. The fourth-order valence-corrected chi connectivity index (χ4v) is 4.91. The Morgan fingerprint density at radius 2 is 2.15 bits per heavy atom. The Hall–Kier alpha value is -2.45. The van der Waals surface area contributed by atoms with Gasteiger partial charge in [0.2, 0.25) is 5.91 Å². The molecule has 0 unspecified atom stereocenters. The molecule has 0 aliphatic carbocycles. The minimum atomic E-state index is -0.0584. The second kappa shape index (κ2) is 7.66. The monoisotopic (exact) mass is 401 g/mol. The van der Waals surface area contributed by atoms with Gasteiger partial charge in [0.25, 0.3) is 0 Å². The van der Waals surface area contributed by atoms with Gasteiger partial charge < -0.3 is 14.8 Å². The predicted molar refractivity (Wildman–Crippen MR) is 108 cm³/mol. The number of amides is 1. The van der Waals surface area contributed by atoms with E-state index >= 15 is 0 Å². The van der Waals surface area contributed by atoms with Crippen molar-refractivity contribution in [1.29, 1.82) is 0 Å². The maximum absolute atomic E-state index is 12.3. The van der Waals surface area contributed by atoms with Gasteiger partial charge in [-0.25, -0.2) is 4.68 Å². The molecular weight excluding hydrogens is 382 g/mol. The van der Waals surface area contributed by atoms with Gasteiger partial charge in [-0.3, -0.25) is 4.79 Å². The molecule has 1 atom stereocenters. The SMILES string of the molecule is COc1ccc([C@@H]2SCC(=O)Nc3c2cnn3Cc2cccs2)c(OC)c1. The lowest BCUT2D eigenvalue weighted by atomic mass is 10.0. The van der Waals surface area contributed by atoms with Crippen LogP contribution in [0.2, 0.25) is 0 Å². The van der Waals surface area contributed by atoms with Gasteiger partial charge >= 0.3 is 0 Å². The van der Waals surface area contributed by atoms with Crippen molar-refractivity contribution in [2.45, 2.75) is 11.8 Å². The number of fused-ring (bicyclic) bond motifs is 1. The maximum Gasteiger partial charge on any atom is 0.235 e. The molecule has 0 saturated heterocycles. The van der Waals surface area contributed by atoms with E-state index in [1.54, 1.807) is 37.3 Å². The third-order valence-electron chi connectivity index (χ3n) is 4.40. The Bertz CT molecular complexity index is 953. The zero-order valence-electron chi connectivity index (χ0n) is 15.0. The third kappa shape index (κ3) is 3.54. The molecule has 0 fully saturated rings. The number of carbonyl (C=O) groups is 1. The van der Waals surface area contributed by atoms with Crippen molar-refractivity contribution in [3.63, 3.8) is 0 Å². The first-order valence-corrected chi connectivity index (χ1v) is 10.3. The molecule has 2 aromatic heterocycles. The minimum absolute atomic E-state index is 0.0239. The first-order valence-electron chi connectivity index (χ1n) is 8.41. The molecule has 8 heteroatoms. The first kappa shape index (κ1) is 17.9. The second-order valence-electron chi connectivity index (χ2n) is 6.03. The number of ether oxygens (including phenoxy) is 2. The van der Waals surface area contributed by atoms with Gasteiger partial charge in [0.05, 0.1) is 38.0 Å². The van der Waals surface area contributed by atoms with Crippen molar-refractivity contribution < 1.29 is 14.3 Å². The van der Waals surface area contributed by atoms with E-state index < -0.39 is 0 Å². The number of carbonyl (C=O) groups excluding carboxylic acids is 1. The highest BCUT2D eigenvalue weighted by Crippen LogP contribution is 2.45. The van der Waals surface area contributed by atoms with E-state index in [0.717, 1.165) is 28.4 Å². The summed E-state index contributed by atoms with van der Waals surface area (Å²) in [5.41, 5.74) is 1.97. The summed E-state index contributed by atoms with van der Waals surface area (Å²) in [4.78, 5) is 13.5. The van der Waals surface area contributed by atoms with Crippen LogP contribution in [0, 0.1) is 0 Å². The fourth-order valence-electron chi connectivity index (χ4n) is 3.11. The van der Waals surface area contributed by atoms with Crippen LogP contribution in [0.25, 0.3) is 0 Å². The van der Waals surface area contributed by atoms with Crippen LogP contribution < -0.4 is 14.8 Å². The van der Waals surface area contributed by atoms with Crippen LogP contribution in [-0.4, -0.2) is 35.7 Å². The maximum atomic E-state index is 12.3. The number of rotatable bonds is 5. The molecule has 0 radical (unpaired) electrons. The van der Waals surface area contributed by atoms with Crippen molar-refractivity contribution in [3.05, 3.63) is 57.9 Å². The lowest BCUT2D eigenvalue weighted by Crippen LogP contribution is -2.16. The van der Waals surface area contributed by atoms with Crippen LogP contribution in [-0.2, 0) is 11.3 Å². The summed E-state index contributed by atoms with van der Waals surface area (Å²) >= 11 is 3.24. The van der Waals surface area contributed by atoms with Gasteiger partial charge in [0.1, 0.15) is 17.3 Å². The Morgan fingerprint density at radius 1 is 1.26 bits per heavy atom. The molecule has 140 valence electrons. The number of nitrogens with zero attached hydrogens (tertiary/aromatic N) is 2. The number of thioether (sulfide) groups is 1. The number of aromatic nitrogens is 2. The van der Waals surface area contributed by atoms with E-state index in [1.807, 2.05) is 40.5 Å². The highest BCUT2D eigenvalue weighted by atomic mass is 32.2. The molecule has 0 spiro atoms. The zero-order chi connectivity index (χ0) is 18.8. The number of benzene rings is 1. The number of hydrogen-bond acceptors (Lipinski definition) is 6. The van der Waals surface area contributed by atoms with Gasteiger partial charge in [-0.2, -0.15) is 5.10 Å². The molecule has 3 aromatic rings. The lowest BCUT2D eigenvalue weighted by Gasteiger charge is -2.18. The van der Waals surface area contributed by atoms with Crippen molar-refractivity contribution in [3.8, 4) is 11.5 Å². The predicted octanol–water partition coefficient (Wildman–Crippen LogP) is 3.78. The molecule has 4 rings (SSSR count). The van der Waals surface area contributed by atoms with Gasteiger partial charge in [-0.05, 0) is 17.5 Å². The Kier molecular flexibility index (Phi) is 5.09. The number of nitrogens with one attached hydrogen (secondary N) is 1. The lowest BCUT2D eigenvalue weighted by molar-refractivity contribution is -0.113. The number of hydrogen-bond donors (Lipinski definition) is 1. The van der Waals surface area contributed by atoms with E-state index in [9.17, 15) is 4.79 Å². The summed E-state index contributed by atoms with van der Waals surface area (Å²) in [6.07, 6.45) is 1.84. The normalized spacial score (nSPS) is 16.4. The molecule has 1 N–H and O–H groups in total. The average Bonchev–Trinajstić information content (AvgIpc) is 3.30. The minimum Gasteiger partial charge on any atom is -0.497 e. The molecular formula is C19H19N3O3S2. The molecule has 6 nitrogen and oxygen atoms in total. The Morgan fingerprint density at radius 3 is 2.89 bits per heavy atom. The van der Waals surface area contributed by atoms with Crippen molar-refractivity contribution in [1.82, 2.24) is 9.78 Å². The molecule has 0 saturated carbocycles. The largest absolute Gasteiger partial charge is 0.497 e. The van der Waals surface area contributed by atoms with Crippen LogP contribution in [0.1, 0.15) is 21.3 Å². The van der Waals surface area contributed by atoms with Crippen molar-refractivity contribution >= 4 is 34.8 Å². The summed E-state index contributed by atoms with van der Waals surface area (Å²) in [5.74, 6) is 2.56. The highest BCUT2D eigenvalue weighted by Gasteiger charge is 2.29. The van der Waals surface area contributed by atoms with Gasteiger partial charge in [0.15, 0.2) is 0 Å². The van der Waals surface area contributed by atoms with Gasteiger partial charge in [-0.1, -0.05) is 12.1 Å². The van der Waals surface area contributed by atoms with Crippen LogP contribution >= 0.6 is 23.1 Å². The number of thiophene rings is 1. The molecule has 1 aliphatic rings. The smallest absolute Gasteiger partial charge is 0.235 e. The molecule has 3 heterocycles. The number of anilines is 1. The third-order valence-corrected chi connectivity index (χ3v) is 6.53. The first-order chi connectivity index (χ1) is 13.2. The zero-order valence-corrected chi connectivity index (χ0v) is 16.6. The van der Waals surface area contributed by atoms with E-state index in [4.69, 9.17) is 9.47 Å². The van der Waals surface area contributed by atoms with Crippen LogP contribution in [0.4, 0.5) is 5.82 Å². The van der Waals surface area contributed by atoms with Crippen LogP contribution in [0.15, 0.2) is 41.9 Å². The van der Waals surface area contributed by atoms with Crippen LogP contribution in [0.5, 0.6) is 11.5 Å². The Balaban J connectivity index is 1.76. The highest BCUT2D eigenvalue weighted by molar-refractivity contribution is 8.00. The molecule has 1 amide bonds. The van der Waals surface area contributed by atoms with Gasteiger partial charge in [-0.15, -0.1) is 23.1 Å². The summed E-state index contributed by atoms with van der Waals surface area (Å²) in [5, 5.41) is 9.55. The molecule has 0 bridgehead atoms. The summed E-state index contributed by atoms with van der Waals surface area (Å²) in [7, 11) is 3.27. The van der Waals surface area contributed by atoms with Gasteiger partial charge in [0, 0.05) is 22.1 Å². The summed E-state index contributed by atoms with van der Waals surface area (Å²) in [6, 6.07) is 9.85. The van der Waals surface area contributed by atoms with E-state index in [2.05, 4.69) is 16.5 Å². The standard InChI is InChI=1S/C19H19N3O3S2/c1-24-12-5-6-14(16(8-12)25-2)18-15-9-20-22(10-13-4-3-7-26-13)19(15)21-17(23)11-27-18/h3-9,18H,10-11H2,1-2H3,(H,21,23)/t18-/m0/s1. The summed E-state index contributed by atoms with van der Waals surface area (Å²) in [6.45, 7) is 0.629. The van der Waals surface area contributed by atoms with E-state index in [1.165, 1.54) is 4.88 Å². The molecule has 1 aliphatic heterocycles. The topological polar surface area (TPSA) is 65.4 Å². The van der Waals surface area contributed by atoms with Crippen molar-refractivity contribution in [2.24, 2.45) is 0 Å². The average molecular weight is 402 g/mol. The van der Waals surface area contributed by atoms with E-state index in [0.29, 0.717) is 12.3 Å². The van der Waals surface area contributed by atoms with E-state index in [-0.39, 0.29) is 11.2 Å². The fraction of sp³-hybridized carbons (Fsp3) is 0.263. The number of methoxy groups -OCH3 is 2. The Labute approximate surface area is 165 Å².